The number of carbonyl (C=O) groups excluding carboxylic acids is 2. The number of ether oxygens (including phenoxy) is 1. The van der Waals surface area contributed by atoms with Crippen molar-refractivity contribution in [1.82, 2.24) is 9.78 Å². The van der Waals surface area contributed by atoms with Gasteiger partial charge in [0, 0.05) is 5.69 Å². The minimum absolute atomic E-state index is 0.180. The molecule has 0 bridgehead atoms. The van der Waals surface area contributed by atoms with Crippen LogP contribution in [0.15, 0.2) is 58.9 Å². The summed E-state index contributed by atoms with van der Waals surface area (Å²) in [6.45, 7) is 0. The van der Waals surface area contributed by atoms with Crippen LogP contribution in [0.3, 0.4) is 0 Å². The van der Waals surface area contributed by atoms with E-state index in [1.54, 1.807) is 28.9 Å². The van der Waals surface area contributed by atoms with Gasteiger partial charge in [0.1, 0.15) is 0 Å². The molecule has 6 nitrogen and oxygen atoms in total. The Morgan fingerprint density at radius 2 is 2.00 bits per heavy atom. The first-order valence-electron chi connectivity index (χ1n) is 7.83. The van der Waals surface area contributed by atoms with Crippen LogP contribution < -0.4 is 5.32 Å². The van der Waals surface area contributed by atoms with E-state index < -0.39 is 5.97 Å². The van der Waals surface area contributed by atoms with E-state index >= 15 is 0 Å². The quantitative estimate of drug-likeness (QED) is 0.368. The second-order valence-corrected chi connectivity index (χ2v) is 8.14. The maximum absolute atomic E-state index is 12.2. The van der Waals surface area contributed by atoms with E-state index in [4.69, 9.17) is 12.2 Å². The fourth-order valence-electron chi connectivity index (χ4n) is 2.22. The predicted molar refractivity (Wildman–Crippen MR) is 109 cm³/mol. The van der Waals surface area contributed by atoms with Crippen molar-refractivity contribution in [1.29, 1.82) is 0 Å². The highest BCUT2D eigenvalue weighted by Crippen LogP contribution is 2.24. The molecule has 1 aromatic heterocycles. The third-order valence-corrected chi connectivity index (χ3v) is 5.79. The number of hydrogen-bond acceptors (Lipinski definition) is 7. The molecule has 0 atom stereocenters. The Labute approximate surface area is 169 Å². The Bertz CT molecular complexity index is 1020. The molecule has 0 aliphatic carbocycles. The molecule has 138 valence electrons. The second kappa shape index (κ2) is 8.94. The first kappa shape index (κ1) is 19.3. The highest BCUT2D eigenvalue weighted by molar-refractivity contribution is 8.01. The smallest absolute Gasteiger partial charge is 0.337 e. The van der Waals surface area contributed by atoms with Gasteiger partial charge in [-0.3, -0.25) is 4.79 Å². The molecule has 0 aliphatic heterocycles. The minimum atomic E-state index is -0.452. The number of nitrogens with zero attached hydrogens (tertiary/aromatic N) is 2. The zero-order chi connectivity index (χ0) is 19.2. The number of aromatic nitrogens is 2. The molecule has 9 heteroatoms. The summed E-state index contributed by atoms with van der Waals surface area (Å²) in [5.74, 6) is -0.472. The van der Waals surface area contributed by atoms with Crippen molar-refractivity contribution in [3.63, 3.8) is 0 Å². The zero-order valence-corrected chi connectivity index (χ0v) is 16.7. The third-order valence-electron chi connectivity index (χ3n) is 3.42. The summed E-state index contributed by atoms with van der Waals surface area (Å²) in [4.78, 5) is 23.7. The van der Waals surface area contributed by atoms with Gasteiger partial charge < -0.3 is 10.1 Å². The van der Waals surface area contributed by atoms with E-state index in [1.807, 2.05) is 30.3 Å². The summed E-state index contributed by atoms with van der Waals surface area (Å²) >= 11 is 8.02. The van der Waals surface area contributed by atoms with E-state index in [1.165, 1.54) is 30.2 Å². The van der Waals surface area contributed by atoms with E-state index in [9.17, 15) is 9.59 Å². The molecule has 0 aliphatic rings. The van der Waals surface area contributed by atoms with E-state index in [2.05, 4.69) is 15.2 Å². The number of nitrogens with one attached hydrogen (secondary N) is 1. The highest BCUT2D eigenvalue weighted by Gasteiger charge is 2.11. The van der Waals surface area contributed by atoms with Crippen molar-refractivity contribution in [2.45, 2.75) is 4.34 Å². The molecule has 1 amide bonds. The topological polar surface area (TPSA) is 73.2 Å². The van der Waals surface area contributed by atoms with Gasteiger partial charge in [-0.2, -0.15) is 0 Å². The van der Waals surface area contributed by atoms with Gasteiger partial charge in [-0.05, 0) is 42.5 Å². The van der Waals surface area contributed by atoms with Crippen molar-refractivity contribution in [2.24, 2.45) is 0 Å². The lowest BCUT2D eigenvalue weighted by Crippen LogP contribution is -2.14. The molecule has 3 aromatic rings. The molecule has 1 heterocycles. The molecule has 0 fully saturated rings. The van der Waals surface area contributed by atoms with Crippen LogP contribution in [-0.4, -0.2) is 34.5 Å². The normalized spacial score (nSPS) is 10.4. The van der Waals surface area contributed by atoms with Gasteiger partial charge in [0.25, 0.3) is 0 Å². The number of methoxy groups -OCH3 is 1. The molecule has 0 saturated heterocycles. The molecule has 0 saturated carbocycles. The lowest BCUT2D eigenvalue weighted by atomic mass is 10.2. The summed E-state index contributed by atoms with van der Waals surface area (Å²) < 4.78 is 7.69. The predicted octanol–water partition coefficient (Wildman–Crippen LogP) is 4.18. The average molecular weight is 418 g/mol. The van der Waals surface area contributed by atoms with Crippen molar-refractivity contribution < 1.29 is 14.3 Å². The molecule has 3 rings (SSSR count). The lowest BCUT2D eigenvalue weighted by Gasteiger charge is -2.06. The largest absolute Gasteiger partial charge is 0.465 e. The minimum Gasteiger partial charge on any atom is -0.465 e. The number of thioether (sulfide) groups is 1. The Hall–Kier alpha value is -2.49. The summed E-state index contributed by atoms with van der Waals surface area (Å²) in [7, 11) is 1.31. The van der Waals surface area contributed by atoms with Crippen LogP contribution in [0.25, 0.3) is 5.69 Å². The molecular weight excluding hydrogens is 402 g/mol. The Balaban J connectivity index is 1.62. The second-order valence-electron chi connectivity index (χ2n) is 5.29. The van der Waals surface area contributed by atoms with Crippen LogP contribution in [-0.2, 0) is 9.53 Å². The monoisotopic (exact) mass is 417 g/mol. The standard InChI is InChI=1S/C18H15N3O3S3/c1-24-16(23)12-6-5-7-13(10-12)19-15(22)11-26-17-20-21(18(25)27-17)14-8-3-2-4-9-14/h2-10H,11H2,1H3,(H,19,22). The molecule has 1 N–H and O–H groups in total. The average Bonchev–Trinajstić information content (AvgIpc) is 3.07. The Kier molecular flexibility index (Phi) is 6.38. The first-order chi connectivity index (χ1) is 13.1. The van der Waals surface area contributed by atoms with Gasteiger partial charge in [-0.15, -0.1) is 5.10 Å². The SMILES string of the molecule is COC(=O)c1cccc(NC(=O)CSc2nn(-c3ccccc3)c(=S)s2)c1. The summed E-state index contributed by atoms with van der Waals surface area (Å²) in [5.41, 5.74) is 1.79. The number of carbonyl (C=O) groups is 2. The maximum Gasteiger partial charge on any atom is 0.337 e. The number of rotatable bonds is 6. The zero-order valence-electron chi connectivity index (χ0n) is 14.2. The summed E-state index contributed by atoms with van der Waals surface area (Å²) in [6.07, 6.45) is 0. The van der Waals surface area contributed by atoms with Gasteiger partial charge in [-0.25, -0.2) is 9.48 Å². The van der Waals surface area contributed by atoms with Crippen molar-refractivity contribution in [2.75, 3.05) is 18.2 Å². The number of para-hydroxylation sites is 1. The van der Waals surface area contributed by atoms with E-state index in [0.717, 1.165) is 5.69 Å². The number of anilines is 1. The van der Waals surface area contributed by atoms with Crippen LogP contribution in [0.5, 0.6) is 0 Å². The van der Waals surface area contributed by atoms with Crippen molar-refractivity contribution >= 4 is 52.9 Å². The fraction of sp³-hybridized carbons (Fsp3) is 0.111. The number of benzene rings is 2. The van der Waals surface area contributed by atoms with Gasteiger partial charge >= 0.3 is 5.97 Å². The van der Waals surface area contributed by atoms with Gasteiger partial charge in [0.05, 0.1) is 24.1 Å². The maximum atomic E-state index is 12.2. The highest BCUT2D eigenvalue weighted by atomic mass is 32.2. The summed E-state index contributed by atoms with van der Waals surface area (Å²) in [5, 5.41) is 7.22. The Morgan fingerprint density at radius 1 is 1.22 bits per heavy atom. The van der Waals surface area contributed by atoms with E-state index in [-0.39, 0.29) is 11.7 Å². The van der Waals surface area contributed by atoms with Crippen molar-refractivity contribution in [3.05, 3.63) is 64.1 Å². The molecule has 0 radical (unpaired) electrons. The molecular formula is C18H15N3O3S3. The fourth-order valence-corrected chi connectivity index (χ4v) is 4.38. The van der Waals surface area contributed by atoms with Crippen LogP contribution in [0.1, 0.15) is 10.4 Å². The van der Waals surface area contributed by atoms with Crippen LogP contribution in [0.4, 0.5) is 5.69 Å². The first-order valence-corrected chi connectivity index (χ1v) is 10.0. The van der Waals surface area contributed by atoms with E-state index in [0.29, 0.717) is 19.5 Å². The van der Waals surface area contributed by atoms with Crippen LogP contribution in [0.2, 0.25) is 0 Å². The van der Waals surface area contributed by atoms with Gasteiger partial charge in [-0.1, -0.05) is 47.4 Å². The van der Waals surface area contributed by atoms with Crippen molar-refractivity contribution in [3.8, 4) is 5.69 Å². The Morgan fingerprint density at radius 3 is 2.74 bits per heavy atom. The molecule has 0 spiro atoms. The summed E-state index contributed by atoms with van der Waals surface area (Å²) in [6, 6.07) is 16.2. The molecule has 27 heavy (non-hydrogen) atoms. The number of hydrogen-bond donors (Lipinski definition) is 1. The third kappa shape index (κ3) is 5.03. The van der Waals surface area contributed by atoms with Gasteiger partial charge in [0.15, 0.2) is 8.29 Å². The van der Waals surface area contributed by atoms with Crippen LogP contribution >= 0.6 is 35.3 Å². The number of esters is 1. The number of amides is 1. The van der Waals surface area contributed by atoms with Gasteiger partial charge in [0.2, 0.25) is 5.91 Å². The van der Waals surface area contributed by atoms with Crippen LogP contribution in [0, 0.1) is 3.95 Å². The molecule has 0 unspecified atom stereocenters. The lowest BCUT2D eigenvalue weighted by molar-refractivity contribution is -0.113. The molecule has 2 aromatic carbocycles.